The smallest absolute Gasteiger partial charge is 0.409 e. The maximum absolute atomic E-state index is 13.6. The highest BCUT2D eigenvalue weighted by atomic mass is 19.1. The number of ether oxygens (including phenoxy) is 1. The van der Waals surface area contributed by atoms with Crippen LogP contribution < -0.4 is 10.1 Å². The monoisotopic (exact) mass is 293 g/mol. The number of nitrogens with zero attached hydrogens (tertiary/aromatic N) is 2. The standard InChI is InChI=1S/C12H8FN3O5/c13-9-3-1-7(15-12(17)18)5-10(9)21-11-4-2-8(6-14-11)16(19)20/h1-6,15H,(H,17,18). The van der Waals surface area contributed by atoms with Gasteiger partial charge in [0.05, 0.1) is 4.92 Å². The summed E-state index contributed by atoms with van der Waals surface area (Å²) >= 11 is 0. The molecule has 0 atom stereocenters. The molecule has 2 rings (SSSR count). The molecule has 0 bridgehead atoms. The van der Waals surface area contributed by atoms with Crippen LogP contribution in [0, 0.1) is 15.9 Å². The van der Waals surface area contributed by atoms with Crippen LogP contribution in [0.1, 0.15) is 0 Å². The second-order valence-corrected chi connectivity index (χ2v) is 3.79. The van der Waals surface area contributed by atoms with Gasteiger partial charge in [-0.15, -0.1) is 0 Å². The summed E-state index contributed by atoms with van der Waals surface area (Å²) in [7, 11) is 0. The van der Waals surface area contributed by atoms with E-state index in [-0.39, 0.29) is 23.0 Å². The number of hydrogen-bond acceptors (Lipinski definition) is 5. The molecule has 1 heterocycles. The predicted molar refractivity (Wildman–Crippen MR) is 69.0 cm³/mol. The fraction of sp³-hybridized carbons (Fsp3) is 0. The van der Waals surface area contributed by atoms with Gasteiger partial charge < -0.3 is 9.84 Å². The fourth-order valence-corrected chi connectivity index (χ4v) is 1.44. The molecule has 108 valence electrons. The van der Waals surface area contributed by atoms with Gasteiger partial charge in [0.25, 0.3) is 5.69 Å². The van der Waals surface area contributed by atoms with Gasteiger partial charge in [0.1, 0.15) is 6.20 Å². The summed E-state index contributed by atoms with van der Waals surface area (Å²) in [6.07, 6.45) is -0.340. The lowest BCUT2D eigenvalue weighted by molar-refractivity contribution is -0.385. The van der Waals surface area contributed by atoms with E-state index in [0.29, 0.717) is 0 Å². The number of pyridine rings is 1. The summed E-state index contributed by atoms with van der Waals surface area (Å²) in [6.45, 7) is 0. The molecule has 1 amide bonds. The first kappa shape index (κ1) is 14.2. The number of aromatic nitrogens is 1. The molecule has 0 spiro atoms. The minimum absolute atomic E-state index is 0.0630. The van der Waals surface area contributed by atoms with Crippen LogP contribution in [0.25, 0.3) is 0 Å². The lowest BCUT2D eigenvalue weighted by atomic mass is 10.3. The van der Waals surface area contributed by atoms with Crippen molar-refractivity contribution >= 4 is 17.5 Å². The largest absolute Gasteiger partial charge is 0.465 e. The summed E-state index contributed by atoms with van der Waals surface area (Å²) in [5.41, 5.74) is -0.120. The molecule has 0 fully saturated rings. The Labute approximate surface area is 117 Å². The SMILES string of the molecule is O=C(O)Nc1ccc(F)c(Oc2ccc([N+](=O)[O-])cn2)c1. The molecule has 8 nitrogen and oxygen atoms in total. The van der Waals surface area contributed by atoms with Crippen LogP contribution >= 0.6 is 0 Å². The first-order valence-electron chi connectivity index (χ1n) is 5.53. The minimum Gasteiger partial charge on any atom is -0.465 e. The van der Waals surface area contributed by atoms with E-state index in [1.165, 1.54) is 12.1 Å². The average molecular weight is 293 g/mol. The van der Waals surface area contributed by atoms with E-state index in [9.17, 15) is 19.3 Å². The van der Waals surface area contributed by atoms with Crippen molar-refractivity contribution in [1.82, 2.24) is 4.98 Å². The number of carbonyl (C=O) groups is 1. The van der Waals surface area contributed by atoms with Gasteiger partial charge in [0.15, 0.2) is 11.6 Å². The van der Waals surface area contributed by atoms with E-state index in [1.807, 2.05) is 5.32 Å². The first-order chi connectivity index (χ1) is 9.95. The molecule has 1 aromatic heterocycles. The lowest BCUT2D eigenvalue weighted by Crippen LogP contribution is -2.07. The molecule has 1 aromatic carbocycles. The lowest BCUT2D eigenvalue weighted by Gasteiger charge is -2.07. The van der Waals surface area contributed by atoms with E-state index < -0.39 is 16.8 Å². The van der Waals surface area contributed by atoms with Gasteiger partial charge in [0, 0.05) is 23.9 Å². The van der Waals surface area contributed by atoms with Crippen LogP contribution in [0.5, 0.6) is 11.6 Å². The van der Waals surface area contributed by atoms with Gasteiger partial charge in [0.2, 0.25) is 5.88 Å². The van der Waals surface area contributed by atoms with Crippen molar-refractivity contribution in [2.75, 3.05) is 5.32 Å². The van der Waals surface area contributed by atoms with Gasteiger partial charge >= 0.3 is 6.09 Å². The van der Waals surface area contributed by atoms with Crippen molar-refractivity contribution in [1.29, 1.82) is 0 Å². The number of halogens is 1. The fourth-order valence-electron chi connectivity index (χ4n) is 1.44. The number of carboxylic acid groups (broad SMARTS) is 1. The molecule has 0 aliphatic heterocycles. The Bertz CT molecular complexity index is 690. The van der Waals surface area contributed by atoms with Gasteiger partial charge in [-0.1, -0.05) is 0 Å². The number of rotatable bonds is 4. The molecule has 21 heavy (non-hydrogen) atoms. The molecule has 0 saturated heterocycles. The predicted octanol–water partition coefficient (Wildman–Crippen LogP) is 3.01. The zero-order chi connectivity index (χ0) is 15.4. The number of hydrogen-bond donors (Lipinski definition) is 2. The quantitative estimate of drug-likeness (QED) is 0.661. The van der Waals surface area contributed by atoms with Crippen LogP contribution in [-0.2, 0) is 0 Å². The van der Waals surface area contributed by atoms with E-state index in [1.54, 1.807) is 0 Å². The summed E-state index contributed by atoms with van der Waals surface area (Å²) in [5.74, 6) is -1.05. The average Bonchev–Trinajstić information content (AvgIpc) is 2.42. The minimum atomic E-state index is -1.30. The maximum atomic E-state index is 13.6. The normalized spacial score (nSPS) is 9.95. The number of nitro groups is 1. The van der Waals surface area contributed by atoms with Crippen molar-refractivity contribution in [3.8, 4) is 11.6 Å². The summed E-state index contributed by atoms with van der Waals surface area (Å²) in [4.78, 5) is 24.0. The third-order valence-corrected chi connectivity index (χ3v) is 2.33. The van der Waals surface area contributed by atoms with E-state index >= 15 is 0 Å². The second-order valence-electron chi connectivity index (χ2n) is 3.79. The highest BCUT2D eigenvalue weighted by Crippen LogP contribution is 2.27. The van der Waals surface area contributed by atoms with E-state index in [0.717, 1.165) is 24.4 Å². The van der Waals surface area contributed by atoms with Crippen LogP contribution in [0.3, 0.4) is 0 Å². The van der Waals surface area contributed by atoms with E-state index in [4.69, 9.17) is 9.84 Å². The van der Waals surface area contributed by atoms with Crippen molar-refractivity contribution in [2.45, 2.75) is 0 Å². The van der Waals surface area contributed by atoms with Gasteiger partial charge in [-0.05, 0) is 12.1 Å². The number of amides is 1. The molecule has 0 unspecified atom stereocenters. The molecule has 0 aliphatic carbocycles. The summed E-state index contributed by atoms with van der Waals surface area (Å²) in [6, 6.07) is 5.73. The van der Waals surface area contributed by atoms with Crippen molar-refractivity contribution in [2.24, 2.45) is 0 Å². The summed E-state index contributed by atoms with van der Waals surface area (Å²) < 4.78 is 18.7. The second kappa shape index (κ2) is 5.82. The highest BCUT2D eigenvalue weighted by Gasteiger charge is 2.10. The zero-order valence-electron chi connectivity index (χ0n) is 10.3. The Hall–Kier alpha value is -3.23. The van der Waals surface area contributed by atoms with Gasteiger partial charge in [-0.3, -0.25) is 15.4 Å². The Kier molecular flexibility index (Phi) is 3.93. The van der Waals surface area contributed by atoms with Crippen LogP contribution in [0.15, 0.2) is 36.5 Å². The molecule has 9 heteroatoms. The number of benzene rings is 1. The molecule has 2 N–H and O–H groups in total. The van der Waals surface area contributed by atoms with Gasteiger partial charge in [-0.25, -0.2) is 14.2 Å². The third-order valence-electron chi connectivity index (χ3n) is 2.33. The van der Waals surface area contributed by atoms with Crippen LogP contribution in [0.2, 0.25) is 0 Å². The van der Waals surface area contributed by atoms with Crippen molar-refractivity contribution in [3.63, 3.8) is 0 Å². The number of nitrogens with one attached hydrogen (secondary N) is 1. The molecule has 2 aromatic rings. The Morgan fingerprint density at radius 3 is 2.71 bits per heavy atom. The third kappa shape index (κ3) is 3.62. The maximum Gasteiger partial charge on any atom is 0.409 e. The molecule has 0 saturated carbocycles. The van der Waals surface area contributed by atoms with E-state index in [2.05, 4.69) is 4.98 Å². The van der Waals surface area contributed by atoms with Crippen LogP contribution in [0.4, 0.5) is 20.6 Å². The molecule has 0 radical (unpaired) electrons. The molecular weight excluding hydrogens is 285 g/mol. The van der Waals surface area contributed by atoms with Gasteiger partial charge in [-0.2, -0.15) is 0 Å². The van der Waals surface area contributed by atoms with Crippen molar-refractivity contribution in [3.05, 3.63) is 52.5 Å². The molecule has 0 aliphatic rings. The Morgan fingerprint density at radius 2 is 2.14 bits per heavy atom. The highest BCUT2D eigenvalue weighted by molar-refractivity contribution is 5.83. The number of anilines is 1. The van der Waals surface area contributed by atoms with Crippen LogP contribution in [-0.4, -0.2) is 21.1 Å². The summed E-state index contributed by atoms with van der Waals surface area (Å²) in [5, 5.41) is 21.1. The Morgan fingerprint density at radius 1 is 1.38 bits per heavy atom. The molecular formula is C12H8FN3O5. The zero-order valence-corrected chi connectivity index (χ0v) is 10.3. The first-order valence-corrected chi connectivity index (χ1v) is 5.53. The topological polar surface area (TPSA) is 115 Å². The van der Waals surface area contributed by atoms with Crippen molar-refractivity contribution < 1.29 is 24.0 Å². The Balaban J connectivity index is 2.21.